The SMILES string of the molecule is CC(=O)NCc1ccc(C(=O)N2CCCC(CCC(=O)O)C2)cc1. The van der Waals surface area contributed by atoms with E-state index in [1.54, 1.807) is 12.1 Å². The van der Waals surface area contributed by atoms with Gasteiger partial charge in [0.05, 0.1) is 0 Å². The molecule has 6 nitrogen and oxygen atoms in total. The minimum absolute atomic E-state index is 0.0129. The number of benzene rings is 1. The number of nitrogens with zero attached hydrogens (tertiary/aromatic N) is 1. The predicted molar refractivity (Wildman–Crippen MR) is 89.5 cm³/mol. The van der Waals surface area contributed by atoms with Gasteiger partial charge in [-0.2, -0.15) is 0 Å². The Hall–Kier alpha value is -2.37. The predicted octanol–water partition coefficient (Wildman–Crippen LogP) is 2.04. The first-order valence-electron chi connectivity index (χ1n) is 8.30. The summed E-state index contributed by atoms with van der Waals surface area (Å²) in [5, 5.41) is 11.5. The van der Waals surface area contributed by atoms with Crippen LogP contribution >= 0.6 is 0 Å². The van der Waals surface area contributed by atoms with E-state index >= 15 is 0 Å². The molecule has 0 radical (unpaired) electrons. The zero-order valence-corrected chi connectivity index (χ0v) is 14.0. The van der Waals surface area contributed by atoms with E-state index in [0.29, 0.717) is 25.1 Å². The number of carbonyl (C=O) groups excluding carboxylic acids is 2. The molecule has 2 N–H and O–H groups in total. The van der Waals surface area contributed by atoms with Crippen LogP contribution in [0.2, 0.25) is 0 Å². The summed E-state index contributed by atoms with van der Waals surface area (Å²) in [7, 11) is 0. The second-order valence-electron chi connectivity index (χ2n) is 6.30. The molecular formula is C18H24N2O4. The normalized spacial score (nSPS) is 17.4. The van der Waals surface area contributed by atoms with Crippen LogP contribution < -0.4 is 5.32 Å². The van der Waals surface area contributed by atoms with Crippen molar-refractivity contribution in [3.8, 4) is 0 Å². The van der Waals surface area contributed by atoms with Gasteiger partial charge in [0.1, 0.15) is 0 Å². The van der Waals surface area contributed by atoms with Crippen molar-refractivity contribution in [1.82, 2.24) is 10.2 Å². The molecular weight excluding hydrogens is 308 g/mol. The molecule has 1 heterocycles. The highest BCUT2D eigenvalue weighted by Crippen LogP contribution is 2.22. The molecule has 130 valence electrons. The van der Waals surface area contributed by atoms with Crippen LogP contribution in [0.3, 0.4) is 0 Å². The zero-order chi connectivity index (χ0) is 17.5. The van der Waals surface area contributed by atoms with Gasteiger partial charge in [0, 0.05) is 38.5 Å². The summed E-state index contributed by atoms with van der Waals surface area (Å²) in [6, 6.07) is 7.24. The first-order valence-corrected chi connectivity index (χ1v) is 8.30. The van der Waals surface area contributed by atoms with Crippen molar-refractivity contribution >= 4 is 17.8 Å². The van der Waals surface area contributed by atoms with Crippen molar-refractivity contribution in [3.63, 3.8) is 0 Å². The lowest BCUT2D eigenvalue weighted by Crippen LogP contribution is -2.40. The highest BCUT2D eigenvalue weighted by Gasteiger charge is 2.24. The van der Waals surface area contributed by atoms with Gasteiger partial charge in [0.25, 0.3) is 5.91 Å². The van der Waals surface area contributed by atoms with Crippen molar-refractivity contribution in [2.45, 2.75) is 39.2 Å². The van der Waals surface area contributed by atoms with Crippen LogP contribution in [0.4, 0.5) is 0 Å². The second-order valence-corrected chi connectivity index (χ2v) is 6.30. The van der Waals surface area contributed by atoms with Crippen LogP contribution in [0.5, 0.6) is 0 Å². The van der Waals surface area contributed by atoms with Gasteiger partial charge in [-0.05, 0) is 42.9 Å². The number of amides is 2. The van der Waals surface area contributed by atoms with Gasteiger partial charge in [-0.15, -0.1) is 0 Å². The van der Waals surface area contributed by atoms with E-state index in [1.165, 1.54) is 6.92 Å². The molecule has 1 aromatic rings. The van der Waals surface area contributed by atoms with E-state index in [1.807, 2.05) is 17.0 Å². The van der Waals surface area contributed by atoms with Gasteiger partial charge in [-0.1, -0.05) is 12.1 Å². The smallest absolute Gasteiger partial charge is 0.303 e. The molecule has 0 bridgehead atoms. The number of carbonyl (C=O) groups is 3. The Balaban J connectivity index is 1.92. The van der Waals surface area contributed by atoms with Crippen molar-refractivity contribution in [1.29, 1.82) is 0 Å². The fourth-order valence-corrected chi connectivity index (χ4v) is 2.99. The number of piperidine rings is 1. The Labute approximate surface area is 141 Å². The van der Waals surface area contributed by atoms with Crippen molar-refractivity contribution < 1.29 is 19.5 Å². The molecule has 0 spiro atoms. The Morgan fingerprint density at radius 1 is 1.25 bits per heavy atom. The molecule has 1 unspecified atom stereocenters. The molecule has 1 aliphatic rings. The maximum Gasteiger partial charge on any atom is 0.303 e. The molecule has 2 rings (SSSR count). The van der Waals surface area contributed by atoms with Crippen LogP contribution in [0.25, 0.3) is 0 Å². The monoisotopic (exact) mass is 332 g/mol. The molecule has 0 aliphatic carbocycles. The van der Waals surface area contributed by atoms with E-state index in [4.69, 9.17) is 5.11 Å². The number of hydrogen-bond acceptors (Lipinski definition) is 3. The van der Waals surface area contributed by atoms with Gasteiger partial charge in [-0.25, -0.2) is 0 Å². The highest BCUT2D eigenvalue weighted by molar-refractivity contribution is 5.94. The summed E-state index contributed by atoms with van der Waals surface area (Å²) in [6.45, 7) is 3.26. The third-order valence-corrected chi connectivity index (χ3v) is 4.31. The number of nitrogens with one attached hydrogen (secondary N) is 1. The summed E-state index contributed by atoms with van der Waals surface area (Å²) in [6.07, 6.45) is 2.67. The molecule has 1 fully saturated rings. The number of carboxylic acid groups (broad SMARTS) is 1. The van der Waals surface area contributed by atoms with Crippen molar-refractivity contribution in [3.05, 3.63) is 35.4 Å². The first-order chi connectivity index (χ1) is 11.5. The van der Waals surface area contributed by atoms with Crippen molar-refractivity contribution in [2.75, 3.05) is 13.1 Å². The Bertz CT molecular complexity index is 598. The summed E-state index contributed by atoms with van der Waals surface area (Å²) in [5.41, 5.74) is 1.57. The Morgan fingerprint density at radius 3 is 2.58 bits per heavy atom. The summed E-state index contributed by atoms with van der Waals surface area (Å²) >= 11 is 0. The average molecular weight is 332 g/mol. The number of likely N-dealkylation sites (tertiary alicyclic amines) is 1. The lowest BCUT2D eigenvalue weighted by Gasteiger charge is -2.32. The fraction of sp³-hybridized carbons (Fsp3) is 0.500. The number of rotatable bonds is 6. The van der Waals surface area contributed by atoms with Gasteiger partial charge in [0.2, 0.25) is 5.91 Å². The van der Waals surface area contributed by atoms with E-state index < -0.39 is 5.97 Å². The molecule has 1 atom stereocenters. The zero-order valence-electron chi connectivity index (χ0n) is 14.0. The minimum Gasteiger partial charge on any atom is -0.481 e. The van der Waals surface area contributed by atoms with Gasteiger partial charge >= 0.3 is 5.97 Å². The molecule has 2 amide bonds. The second kappa shape index (κ2) is 8.47. The average Bonchev–Trinajstić information content (AvgIpc) is 2.58. The molecule has 24 heavy (non-hydrogen) atoms. The lowest BCUT2D eigenvalue weighted by atomic mass is 9.93. The Morgan fingerprint density at radius 2 is 1.96 bits per heavy atom. The van der Waals surface area contributed by atoms with Gasteiger partial charge in [0.15, 0.2) is 0 Å². The molecule has 0 saturated carbocycles. The van der Waals surface area contributed by atoms with E-state index in [0.717, 1.165) is 24.9 Å². The number of aliphatic carboxylic acids is 1. The van der Waals surface area contributed by atoms with Crippen LogP contribution in [-0.2, 0) is 16.1 Å². The standard InChI is InChI=1S/C18H24N2O4/c1-13(21)19-11-14-4-7-16(8-5-14)18(24)20-10-2-3-15(12-20)6-9-17(22)23/h4-5,7-8,15H,2-3,6,9-12H2,1H3,(H,19,21)(H,22,23). The van der Waals surface area contributed by atoms with Crippen LogP contribution in [0.1, 0.15) is 48.5 Å². The van der Waals surface area contributed by atoms with Crippen LogP contribution in [0.15, 0.2) is 24.3 Å². The molecule has 1 aliphatic heterocycles. The van der Waals surface area contributed by atoms with Gasteiger partial charge in [-0.3, -0.25) is 14.4 Å². The van der Waals surface area contributed by atoms with Crippen molar-refractivity contribution in [2.24, 2.45) is 5.92 Å². The molecule has 1 saturated heterocycles. The fourth-order valence-electron chi connectivity index (χ4n) is 2.99. The summed E-state index contributed by atoms with van der Waals surface area (Å²) < 4.78 is 0. The minimum atomic E-state index is -0.784. The van der Waals surface area contributed by atoms with Crippen LogP contribution in [0, 0.1) is 5.92 Å². The van der Waals surface area contributed by atoms with Gasteiger partial charge < -0.3 is 15.3 Å². The first kappa shape index (κ1) is 18.0. The lowest BCUT2D eigenvalue weighted by molar-refractivity contribution is -0.137. The summed E-state index contributed by atoms with van der Waals surface area (Å²) in [4.78, 5) is 36.0. The largest absolute Gasteiger partial charge is 0.481 e. The molecule has 1 aromatic carbocycles. The number of hydrogen-bond donors (Lipinski definition) is 2. The topological polar surface area (TPSA) is 86.7 Å². The third-order valence-electron chi connectivity index (χ3n) is 4.31. The summed E-state index contributed by atoms with van der Waals surface area (Å²) in [5.74, 6) is -0.622. The van der Waals surface area contributed by atoms with E-state index in [2.05, 4.69) is 5.32 Å². The number of carboxylic acids is 1. The van der Waals surface area contributed by atoms with E-state index in [9.17, 15) is 14.4 Å². The molecule has 6 heteroatoms. The maximum atomic E-state index is 12.6. The Kier molecular flexibility index (Phi) is 6.35. The van der Waals surface area contributed by atoms with Crippen LogP contribution in [-0.4, -0.2) is 40.9 Å². The quantitative estimate of drug-likeness (QED) is 0.834. The molecule has 0 aromatic heterocycles. The third kappa shape index (κ3) is 5.37. The van der Waals surface area contributed by atoms with E-state index in [-0.39, 0.29) is 24.2 Å². The highest BCUT2D eigenvalue weighted by atomic mass is 16.4. The maximum absolute atomic E-state index is 12.6.